The van der Waals surface area contributed by atoms with Crippen LogP contribution in [0.4, 0.5) is 11.4 Å². The molecule has 2 atom stereocenters. The Bertz CT molecular complexity index is 466. The molecule has 2 rings (SSSR count). The Kier molecular flexibility index (Phi) is 5.62. The lowest BCUT2D eigenvalue weighted by Crippen LogP contribution is -2.37. The first kappa shape index (κ1) is 15.8. The molecule has 1 saturated carbocycles. The zero-order chi connectivity index (χ0) is 15.2. The van der Waals surface area contributed by atoms with Crippen molar-refractivity contribution in [2.24, 2.45) is 11.8 Å². The molecule has 0 radical (unpaired) electrons. The largest absolute Gasteiger partial charge is 0.382 e. The molecule has 0 heterocycles. The zero-order valence-electron chi connectivity index (χ0n) is 13.2. The van der Waals surface area contributed by atoms with E-state index >= 15 is 0 Å². The fourth-order valence-corrected chi connectivity index (χ4v) is 3.17. The Morgan fingerprint density at radius 1 is 1.24 bits per heavy atom. The summed E-state index contributed by atoms with van der Waals surface area (Å²) in [6.07, 6.45) is 3.90. The number of anilines is 2. The highest BCUT2D eigenvalue weighted by Crippen LogP contribution is 2.31. The van der Waals surface area contributed by atoms with Crippen LogP contribution in [0, 0.1) is 11.8 Å². The Morgan fingerprint density at radius 3 is 2.57 bits per heavy atom. The fraction of sp³-hybridized carbons (Fsp3) is 0.588. The van der Waals surface area contributed by atoms with Gasteiger partial charge >= 0.3 is 0 Å². The van der Waals surface area contributed by atoms with Crippen LogP contribution in [0.15, 0.2) is 24.3 Å². The van der Waals surface area contributed by atoms with Crippen molar-refractivity contribution < 1.29 is 9.53 Å². The van der Waals surface area contributed by atoms with Gasteiger partial charge in [-0.1, -0.05) is 26.3 Å². The molecule has 116 valence electrons. The topological polar surface area (TPSA) is 50.4 Å². The monoisotopic (exact) mass is 290 g/mol. The van der Waals surface area contributed by atoms with Gasteiger partial charge in [-0.3, -0.25) is 4.79 Å². The predicted molar refractivity (Wildman–Crippen MR) is 86.5 cm³/mol. The average Bonchev–Trinajstić information content (AvgIpc) is 2.44. The molecule has 1 aliphatic rings. The van der Waals surface area contributed by atoms with Crippen molar-refractivity contribution in [3.05, 3.63) is 24.3 Å². The molecule has 4 nitrogen and oxygen atoms in total. The van der Waals surface area contributed by atoms with E-state index in [1.165, 1.54) is 26.4 Å². The average molecular weight is 290 g/mol. The second-order valence-electron chi connectivity index (χ2n) is 6.12. The quantitative estimate of drug-likeness (QED) is 0.872. The van der Waals surface area contributed by atoms with Crippen molar-refractivity contribution in [3.63, 3.8) is 0 Å². The standard InChI is InChI=1S/C17H26N2O2/c1-12-6-4-7-13(2)17(12)19-15-9-5-8-14(10-15)18-16(20)11-21-3/h5,8-10,12-13,17,19H,4,6-7,11H2,1-3H3,(H,18,20). The van der Waals surface area contributed by atoms with Crippen LogP contribution < -0.4 is 10.6 Å². The van der Waals surface area contributed by atoms with Crippen molar-refractivity contribution >= 4 is 17.3 Å². The normalized spacial score (nSPS) is 25.4. The molecule has 1 amide bonds. The van der Waals surface area contributed by atoms with Gasteiger partial charge in [0.2, 0.25) is 5.91 Å². The molecule has 1 aliphatic carbocycles. The number of amides is 1. The number of hydrogen-bond donors (Lipinski definition) is 2. The van der Waals surface area contributed by atoms with Crippen LogP contribution in [-0.2, 0) is 9.53 Å². The Labute approximate surface area is 127 Å². The number of benzene rings is 1. The smallest absolute Gasteiger partial charge is 0.250 e. The molecule has 1 fully saturated rings. The van der Waals surface area contributed by atoms with Crippen LogP contribution in [0.1, 0.15) is 33.1 Å². The van der Waals surface area contributed by atoms with Gasteiger partial charge in [0.05, 0.1) is 0 Å². The van der Waals surface area contributed by atoms with Gasteiger partial charge in [0, 0.05) is 24.5 Å². The Balaban J connectivity index is 2.01. The number of hydrogen-bond acceptors (Lipinski definition) is 3. The van der Waals surface area contributed by atoms with Crippen LogP contribution >= 0.6 is 0 Å². The van der Waals surface area contributed by atoms with Gasteiger partial charge in [-0.15, -0.1) is 0 Å². The summed E-state index contributed by atoms with van der Waals surface area (Å²) in [6.45, 7) is 4.71. The minimum atomic E-state index is -0.131. The molecule has 2 unspecified atom stereocenters. The fourth-order valence-electron chi connectivity index (χ4n) is 3.17. The van der Waals surface area contributed by atoms with Crippen molar-refractivity contribution in [3.8, 4) is 0 Å². The lowest BCUT2D eigenvalue weighted by atomic mass is 9.78. The maximum Gasteiger partial charge on any atom is 0.250 e. The molecule has 1 aromatic carbocycles. The third kappa shape index (κ3) is 4.46. The van der Waals surface area contributed by atoms with E-state index in [1.807, 2.05) is 18.2 Å². The summed E-state index contributed by atoms with van der Waals surface area (Å²) in [4.78, 5) is 11.6. The maximum absolute atomic E-state index is 11.6. The zero-order valence-corrected chi connectivity index (χ0v) is 13.2. The summed E-state index contributed by atoms with van der Waals surface area (Å²) in [7, 11) is 1.52. The second kappa shape index (κ2) is 7.46. The summed E-state index contributed by atoms with van der Waals surface area (Å²) in [5.74, 6) is 1.23. The van der Waals surface area contributed by atoms with E-state index in [4.69, 9.17) is 4.74 Å². The summed E-state index contributed by atoms with van der Waals surface area (Å²) < 4.78 is 4.83. The van der Waals surface area contributed by atoms with Gasteiger partial charge in [-0.2, -0.15) is 0 Å². The van der Waals surface area contributed by atoms with Gasteiger partial charge in [-0.05, 0) is 42.9 Å². The molecule has 0 aliphatic heterocycles. The molecule has 0 aromatic heterocycles. The molecule has 1 aromatic rings. The van der Waals surface area contributed by atoms with Crippen molar-refractivity contribution in [1.82, 2.24) is 0 Å². The molecule has 2 N–H and O–H groups in total. The lowest BCUT2D eigenvalue weighted by Gasteiger charge is -2.36. The van der Waals surface area contributed by atoms with Gasteiger partial charge < -0.3 is 15.4 Å². The van der Waals surface area contributed by atoms with Gasteiger partial charge in [0.15, 0.2) is 0 Å². The number of rotatable bonds is 5. The summed E-state index contributed by atoms with van der Waals surface area (Å²) in [5, 5.41) is 6.48. The summed E-state index contributed by atoms with van der Waals surface area (Å²) >= 11 is 0. The molecule has 4 heteroatoms. The van der Waals surface area contributed by atoms with Gasteiger partial charge in [-0.25, -0.2) is 0 Å². The first-order valence-electron chi connectivity index (χ1n) is 7.75. The number of carbonyl (C=O) groups excluding carboxylic acids is 1. The molecule has 0 spiro atoms. The minimum Gasteiger partial charge on any atom is -0.382 e. The molecular weight excluding hydrogens is 264 g/mol. The third-order valence-electron chi connectivity index (χ3n) is 4.30. The van der Waals surface area contributed by atoms with E-state index in [9.17, 15) is 4.79 Å². The Hall–Kier alpha value is -1.55. The number of nitrogens with one attached hydrogen (secondary N) is 2. The van der Waals surface area contributed by atoms with Crippen molar-refractivity contribution in [2.75, 3.05) is 24.4 Å². The highest BCUT2D eigenvalue weighted by Gasteiger charge is 2.27. The van der Waals surface area contributed by atoms with Crippen LogP contribution in [-0.4, -0.2) is 25.7 Å². The Morgan fingerprint density at radius 2 is 1.90 bits per heavy atom. The maximum atomic E-state index is 11.6. The van der Waals surface area contributed by atoms with E-state index < -0.39 is 0 Å². The highest BCUT2D eigenvalue weighted by atomic mass is 16.5. The molecule has 21 heavy (non-hydrogen) atoms. The van der Waals surface area contributed by atoms with E-state index in [-0.39, 0.29) is 12.5 Å². The summed E-state index contributed by atoms with van der Waals surface area (Å²) in [5.41, 5.74) is 1.87. The van der Waals surface area contributed by atoms with E-state index in [2.05, 4.69) is 30.5 Å². The second-order valence-corrected chi connectivity index (χ2v) is 6.12. The van der Waals surface area contributed by atoms with Crippen LogP contribution in [0.2, 0.25) is 0 Å². The van der Waals surface area contributed by atoms with Crippen molar-refractivity contribution in [2.45, 2.75) is 39.2 Å². The lowest BCUT2D eigenvalue weighted by molar-refractivity contribution is -0.119. The third-order valence-corrected chi connectivity index (χ3v) is 4.30. The van der Waals surface area contributed by atoms with Gasteiger partial charge in [0.1, 0.15) is 6.61 Å². The minimum absolute atomic E-state index is 0.0777. The number of methoxy groups -OCH3 is 1. The SMILES string of the molecule is COCC(=O)Nc1cccc(NC2C(C)CCCC2C)c1. The highest BCUT2D eigenvalue weighted by molar-refractivity contribution is 5.92. The molecule has 0 bridgehead atoms. The van der Waals surface area contributed by atoms with E-state index in [0.29, 0.717) is 17.9 Å². The van der Waals surface area contributed by atoms with Crippen LogP contribution in [0.3, 0.4) is 0 Å². The van der Waals surface area contributed by atoms with Crippen LogP contribution in [0.25, 0.3) is 0 Å². The van der Waals surface area contributed by atoms with Gasteiger partial charge in [0.25, 0.3) is 0 Å². The first-order chi connectivity index (χ1) is 10.1. The van der Waals surface area contributed by atoms with Crippen LogP contribution in [0.5, 0.6) is 0 Å². The summed E-state index contributed by atoms with van der Waals surface area (Å²) in [6, 6.07) is 8.40. The molecule has 0 saturated heterocycles. The number of ether oxygens (including phenoxy) is 1. The first-order valence-corrected chi connectivity index (χ1v) is 7.75. The molecular formula is C17H26N2O2. The van der Waals surface area contributed by atoms with E-state index in [0.717, 1.165) is 11.4 Å². The van der Waals surface area contributed by atoms with E-state index in [1.54, 1.807) is 0 Å². The van der Waals surface area contributed by atoms with Crippen molar-refractivity contribution in [1.29, 1.82) is 0 Å². The predicted octanol–water partition coefficient (Wildman–Crippen LogP) is 3.51. The number of carbonyl (C=O) groups is 1.